The SMILES string of the molecule is CC1=CC(C)(C)N2C(=O)C(=O)c3c(C=CN4CCOCC4)ccc1c32. The zero-order chi connectivity index (χ0) is 17.8. The minimum Gasteiger partial charge on any atom is -0.378 e. The number of carbonyl (C=O) groups is 2. The number of morpholine rings is 1. The molecule has 1 aromatic carbocycles. The minimum absolute atomic E-state index is 0.408. The van der Waals surface area contributed by atoms with Gasteiger partial charge in [-0.3, -0.25) is 14.5 Å². The van der Waals surface area contributed by atoms with Gasteiger partial charge < -0.3 is 9.64 Å². The molecular formula is C20H22N2O3. The van der Waals surface area contributed by atoms with Crippen LogP contribution in [0.1, 0.15) is 42.3 Å². The van der Waals surface area contributed by atoms with Crippen LogP contribution in [0.25, 0.3) is 11.6 Å². The lowest BCUT2D eigenvalue weighted by Gasteiger charge is -2.38. The number of ketones is 1. The van der Waals surface area contributed by atoms with Crippen molar-refractivity contribution < 1.29 is 14.3 Å². The largest absolute Gasteiger partial charge is 0.378 e. The molecule has 0 aliphatic carbocycles. The van der Waals surface area contributed by atoms with E-state index < -0.39 is 17.2 Å². The van der Waals surface area contributed by atoms with Crippen LogP contribution in [0.15, 0.2) is 24.4 Å². The van der Waals surface area contributed by atoms with Crippen molar-refractivity contribution in [3.8, 4) is 0 Å². The molecule has 1 aromatic rings. The van der Waals surface area contributed by atoms with Crippen LogP contribution in [0, 0.1) is 0 Å². The second-order valence-electron chi connectivity index (χ2n) is 7.34. The molecule has 5 nitrogen and oxygen atoms in total. The summed E-state index contributed by atoms with van der Waals surface area (Å²) in [6.07, 6.45) is 5.99. The molecule has 1 saturated heterocycles. The summed E-state index contributed by atoms with van der Waals surface area (Å²) in [5.74, 6) is -0.841. The highest BCUT2D eigenvalue weighted by atomic mass is 16.5. The first-order valence-electron chi connectivity index (χ1n) is 8.66. The summed E-state index contributed by atoms with van der Waals surface area (Å²) in [7, 11) is 0. The van der Waals surface area contributed by atoms with Crippen molar-refractivity contribution in [3.05, 3.63) is 41.1 Å². The van der Waals surface area contributed by atoms with E-state index in [9.17, 15) is 9.59 Å². The van der Waals surface area contributed by atoms with E-state index in [4.69, 9.17) is 4.74 Å². The summed E-state index contributed by atoms with van der Waals surface area (Å²) in [5, 5.41) is 0. The molecule has 130 valence electrons. The van der Waals surface area contributed by atoms with Crippen LogP contribution in [0.2, 0.25) is 0 Å². The van der Waals surface area contributed by atoms with Gasteiger partial charge in [0.15, 0.2) is 0 Å². The maximum atomic E-state index is 12.7. The predicted octanol–water partition coefficient (Wildman–Crippen LogP) is 2.71. The highest BCUT2D eigenvalue weighted by Crippen LogP contribution is 2.46. The van der Waals surface area contributed by atoms with Crippen LogP contribution in [0.5, 0.6) is 0 Å². The number of ether oxygens (including phenoxy) is 1. The summed E-state index contributed by atoms with van der Waals surface area (Å²) in [5.41, 5.74) is 3.68. The monoisotopic (exact) mass is 338 g/mol. The molecule has 4 rings (SSSR count). The van der Waals surface area contributed by atoms with Gasteiger partial charge in [0.2, 0.25) is 0 Å². The third-order valence-corrected chi connectivity index (χ3v) is 5.14. The number of rotatable bonds is 2. The second kappa shape index (κ2) is 5.56. The van der Waals surface area contributed by atoms with Crippen molar-refractivity contribution in [2.75, 3.05) is 31.2 Å². The molecule has 0 N–H and O–H groups in total. The fourth-order valence-electron chi connectivity index (χ4n) is 3.98. The first kappa shape index (κ1) is 16.1. The summed E-state index contributed by atoms with van der Waals surface area (Å²) in [6.45, 7) is 9.07. The van der Waals surface area contributed by atoms with Crippen molar-refractivity contribution in [1.29, 1.82) is 0 Å². The number of hydrogen-bond donors (Lipinski definition) is 0. The lowest BCUT2D eigenvalue weighted by molar-refractivity contribution is -0.115. The maximum Gasteiger partial charge on any atom is 0.300 e. The molecule has 0 radical (unpaired) electrons. The molecule has 3 heterocycles. The number of allylic oxidation sites excluding steroid dienone is 1. The molecule has 3 aliphatic heterocycles. The molecule has 0 unspecified atom stereocenters. The molecule has 0 aromatic heterocycles. The summed E-state index contributed by atoms with van der Waals surface area (Å²) >= 11 is 0. The fraction of sp³-hybridized carbons (Fsp3) is 0.400. The molecule has 0 spiro atoms. The lowest BCUT2D eigenvalue weighted by Crippen LogP contribution is -2.47. The van der Waals surface area contributed by atoms with Crippen molar-refractivity contribution in [3.63, 3.8) is 0 Å². The number of hydrogen-bond acceptors (Lipinski definition) is 4. The quantitative estimate of drug-likeness (QED) is 0.778. The van der Waals surface area contributed by atoms with E-state index in [1.165, 1.54) is 0 Å². The molecule has 1 amide bonds. The number of carbonyl (C=O) groups excluding carboxylic acids is 2. The topological polar surface area (TPSA) is 49.9 Å². The van der Waals surface area contributed by atoms with Gasteiger partial charge >= 0.3 is 0 Å². The average molecular weight is 338 g/mol. The van der Waals surface area contributed by atoms with Gasteiger partial charge in [-0.2, -0.15) is 0 Å². The second-order valence-corrected chi connectivity index (χ2v) is 7.34. The summed E-state index contributed by atoms with van der Waals surface area (Å²) in [4.78, 5) is 29.2. The molecular weight excluding hydrogens is 316 g/mol. The molecule has 0 bridgehead atoms. The van der Waals surface area contributed by atoms with Gasteiger partial charge in [0.1, 0.15) is 0 Å². The van der Waals surface area contributed by atoms with Crippen LogP contribution in [0.4, 0.5) is 5.69 Å². The highest BCUT2D eigenvalue weighted by molar-refractivity contribution is 6.53. The Labute approximate surface area is 147 Å². The van der Waals surface area contributed by atoms with Crippen molar-refractivity contribution in [2.45, 2.75) is 26.3 Å². The fourth-order valence-corrected chi connectivity index (χ4v) is 3.98. The Kier molecular flexibility index (Phi) is 3.58. The lowest BCUT2D eigenvalue weighted by atomic mass is 9.88. The van der Waals surface area contributed by atoms with Gasteiger partial charge in [0, 0.05) is 18.7 Å². The summed E-state index contributed by atoms with van der Waals surface area (Å²) in [6, 6.07) is 3.95. The van der Waals surface area contributed by atoms with Crippen LogP contribution in [0.3, 0.4) is 0 Å². The zero-order valence-corrected chi connectivity index (χ0v) is 14.8. The molecule has 25 heavy (non-hydrogen) atoms. The predicted molar refractivity (Wildman–Crippen MR) is 97.4 cm³/mol. The van der Waals surface area contributed by atoms with E-state index in [1.54, 1.807) is 4.90 Å². The van der Waals surface area contributed by atoms with Gasteiger partial charge in [-0.15, -0.1) is 0 Å². The van der Waals surface area contributed by atoms with E-state index in [2.05, 4.69) is 11.0 Å². The van der Waals surface area contributed by atoms with E-state index in [0.29, 0.717) is 18.8 Å². The van der Waals surface area contributed by atoms with Gasteiger partial charge in [-0.25, -0.2) is 0 Å². The average Bonchev–Trinajstić information content (AvgIpc) is 2.85. The number of amides is 1. The maximum absolute atomic E-state index is 12.7. The Morgan fingerprint density at radius 1 is 1.16 bits per heavy atom. The minimum atomic E-state index is -0.498. The number of nitrogens with zero attached hydrogens (tertiary/aromatic N) is 2. The van der Waals surface area contributed by atoms with E-state index in [1.807, 2.05) is 45.2 Å². The molecule has 3 aliphatic rings. The van der Waals surface area contributed by atoms with Gasteiger partial charge in [-0.05, 0) is 44.2 Å². The third kappa shape index (κ3) is 2.42. The van der Waals surface area contributed by atoms with Crippen LogP contribution in [-0.2, 0) is 9.53 Å². The van der Waals surface area contributed by atoms with Crippen LogP contribution >= 0.6 is 0 Å². The van der Waals surface area contributed by atoms with Crippen molar-refractivity contribution in [1.82, 2.24) is 4.90 Å². The van der Waals surface area contributed by atoms with E-state index in [-0.39, 0.29) is 0 Å². The molecule has 5 heteroatoms. The molecule has 1 fully saturated rings. The normalized spacial score (nSPS) is 21.8. The van der Waals surface area contributed by atoms with Gasteiger partial charge in [0.25, 0.3) is 11.7 Å². The highest BCUT2D eigenvalue weighted by Gasteiger charge is 2.47. The van der Waals surface area contributed by atoms with Crippen molar-refractivity contribution >= 4 is 29.0 Å². The number of Topliss-reactive ketones (excluding diaryl/α,β-unsaturated/α-hetero) is 1. The Bertz CT molecular complexity index is 830. The first-order chi connectivity index (χ1) is 11.9. The Balaban J connectivity index is 1.81. The first-order valence-corrected chi connectivity index (χ1v) is 8.66. The Morgan fingerprint density at radius 3 is 2.60 bits per heavy atom. The van der Waals surface area contributed by atoms with Crippen LogP contribution < -0.4 is 4.90 Å². The number of anilines is 1. The van der Waals surface area contributed by atoms with Gasteiger partial charge in [0.05, 0.1) is 30.0 Å². The molecule has 0 saturated carbocycles. The summed E-state index contributed by atoms with van der Waals surface area (Å²) < 4.78 is 5.36. The van der Waals surface area contributed by atoms with Gasteiger partial charge in [-0.1, -0.05) is 18.2 Å². The Morgan fingerprint density at radius 2 is 1.88 bits per heavy atom. The van der Waals surface area contributed by atoms with Crippen molar-refractivity contribution in [2.24, 2.45) is 0 Å². The number of benzene rings is 1. The molecule has 0 atom stereocenters. The van der Waals surface area contributed by atoms with Crippen LogP contribution in [-0.4, -0.2) is 48.4 Å². The zero-order valence-electron chi connectivity index (χ0n) is 14.8. The Hall–Kier alpha value is -2.40. The third-order valence-electron chi connectivity index (χ3n) is 5.14. The smallest absolute Gasteiger partial charge is 0.300 e. The van der Waals surface area contributed by atoms with E-state index in [0.717, 1.165) is 35.5 Å². The standard InChI is InChI=1S/C20H22N2O3/c1-13-12-20(2,3)22-17-15(13)5-4-14(16(17)18(23)19(22)24)6-7-21-8-10-25-11-9-21/h4-7,12H,8-11H2,1-3H3. The van der Waals surface area contributed by atoms with E-state index >= 15 is 0 Å².